The van der Waals surface area contributed by atoms with Gasteiger partial charge in [0.2, 0.25) is 0 Å². The van der Waals surface area contributed by atoms with Gasteiger partial charge in [-0.05, 0) is 31.0 Å². The Morgan fingerprint density at radius 1 is 1.15 bits per heavy atom. The Hall–Kier alpha value is -1.34. The van der Waals surface area contributed by atoms with Crippen molar-refractivity contribution in [3.63, 3.8) is 0 Å². The number of aromatic nitrogens is 3. The zero-order valence-electron chi connectivity index (χ0n) is 14.1. The maximum atomic E-state index is 12.7. The zero-order valence-corrected chi connectivity index (χ0v) is 16.4. The molecule has 2 aliphatic rings. The van der Waals surface area contributed by atoms with Gasteiger partial charge in [-0.3, -0.25) is 4.79 Å². The van der Waals surface area contributed by atoms with Crippen LogP contribution in [0.15, 0.2) is 18.2 Å². The molecule has 9 heteroatoms. The number of fused-ring (bicyclic) bond motifs is 1. The van der Waals surface area contributed by atoms with Crippen molar-refractivity contribution in [2.24, 2.45) is 0 Å². The number of halogens is 3. The quantitative estimate of drug-likeness (QED) is 0.817. The van der Waals surface area contributed by atoms with Crippen LogP contribution in [0, 0.1) is 0 Å². The molecule has 0 aliphatic carbocycles. The first-order valence-electron chi connectivity index (χ1n) is 8.50. The van der Waals surface area contributed by atoms with E-state index in [9.17, 15) is 4.79 Å². The second-order valence-corrected chi connectivity index (χ2v) is 7.34. The molecule has 1 amide bonds. The van der Waals surface area contributed by atoms with E-state index in [1.165, 1.54) is 0 Å². The van der Waals surface area contributed by atoms with E-state index in [1.807, 2.05) is 4.90 Å². The van der Waals surface area contributed by atoms with E-state index < -0.39 is 0 Å². The highest BCUT2D eigenvalue weighted by atomic mass is 35.5. The topological polar surface area (TPSA) is 63.1 Å². The fourth-order valence-electron chi connectivity index (χ4n) is 3.59. The second kappa shape index (κ2) is 8.13. The number of carbonyl (C=O) groups is 1. The molecule has 140 valence electrons. The van der Waals surface area contributed by atoms with E-state index in [2.05, 4.69) is 20.1 Å². The summed E-state index contributed by atoms with van der Waals surface area (Å²) in [5.41, 5.74) is 0.510. The van der Waals surface area contributed by atoms with Crippen LogP contribution in [-0.2, 0) is 13.1 Å². The van der Waals surface area contributed by atoms with Crippen molar-refractivity contribution in [1.82, 2.24) is 25.0 Å². The minimum Gasteiger partial charge on any atom is -0.339 e. The van der Waals surface area contributed by atoms with Gasteiger partial charge in [0.15, 0.2) is 0 Å². The highest BCUT2D eigenvalue weighted by Crippen LogP contribution is 2.30. The molecule has 1 fully saturated rings. The summed E-state index contributed by atoms with van der Waals surface area (Å²) in [5, 5.41) is 12.9. The van der Waals surface area contributed by atoms with Gasteiger partial charge in [0.25, 0.3) is 5.91 Å². The third-order valence-electron chi connectivity index (χ3n) is 4.96. The summed E-state index contributed by atoms with van der Waals surface area (Å²) in [7, 11) is 0. The van der Waals surface area contributed by atoms with Crippen LogP contribution in [0.2, 0.25) is 10.0 Å². The van der Waals surface area contributed by atoms with Gasteiger partial charge in [0.05, 0.1) is 17.1 Å². The van der Waals surface area contributed by atoms with Crippen LogP contribution in [0.4, 0.5) is 0 Å². The summed E-state index contributed by atoms with van der Waals surface area (Å²) in [6.45, 7) is 4.03. The molecule has 0 radical (unpaired) electrons. The number of amides is 1. The lowest BCUT2D eigenvalue weighted by Crippen LogP contribution is -2.39. The minimum atomic E-state index is -0.0346. The van der Waals surface area contributed by atoms with Gasteiger partial charge in [-0.15, -0.1) is 22.6 Å². The van der Waals surface area contributed by atoms with Crippen LogP contribution in [0.1, 0.15) is 40.8 Å². The second-order valence-electron chi connectivity index (χ2n) is 6.49. The summed E-state index contributed by atoms with van der Waals surface area (Å²) < 4.78 is 2.23. The molecular weight excluding hydrogens is 397 g/mol. The molecule has 0 unspecified atom stereocenters. The number of benzene rings is 1. The lowest BCUT2D eigenvalue weighted by molar-refractivity contribution is 0.0710. The molecule has 2 aromatic rings. The van der Waals surface area contributed by atoms with Crippen molar-refractivity contribution in [2.45, 2.75) is 31.8 Å². The predicted octanol–water partition coefficient (Wildman–Crippen LogP) is 3.13. The van der Waals surface area contributed by atoms with Gasteiger partial charge in [-0.2, -0.15) is 0 Å². The van der Waals surface area contributed by atoms with Crippen molar-refractivity contribution in [3.05, 3.63) is 45.5 Å². The zero-order chi connectivity index (χ0) is 17.4. The summed E-state index contributed by atoms with van der Waals surface area (Å²) in [6.07, 6.45) is 1.78. The summed E-state index contributed by atoms with van der Waals surface area (Å²) in [4.78, 5) is 14.6. The van der Waals surface area contributed by atoms with E-state index in [0.29, 0.717) is 34.6 Å². The van der Waals surface area contributed by atoms with Crippen molar-refractivity contribution >= 4 is 41.5 Å². The van der Waals surface area contributed by atoms with Crippen LogP contribution < -0.4 is 5.32 Å². The summed E-state index contributed by atoms with van der Waals surface area (Å²) in [6, 6.07) is 5.00. The van der Waals surface area contributed by atoms with Crippen LogP contribution in [0.25, 0.3) is 0 Å². The maximum Gasteiger partial charge on any atom is 0.255 e. The predicted molar refractivity (Wildman–Crippen MR) is 103 cm³/mol. The number of likely N-dealkylation sites (tertiary alicyclic amines) is 1. The van der Waals surface area contributed by atoms with Crippen molar-refractivity contribution in [2.75, 3.05) is 19.6 Å². The molecule has 4 rings (SSSR count). The Morgan fingerprint density at radius 2 is 1.92 bits per heavy atom. The SMILES string of the molecule is Cl.O=C(c1ccc(Cl)cc1Cl)N1CCC(c2nnc3n2CCNC3)CC1. The number of rotatable bonds is 2. The number of piperidine rings is 1. The van der Waals surface area contributed by atoms with Crippen molar-refractivity contribution < 1.29 is 4.79 Å². The molecule has 2 aliphatic heterocycles. The first-order valence-corrected chi connectivity index (χ1v) is 9.26. The average molecular weight is 417 g/mol. The Labute approximate surface area is 168 Å². The molecular formula is C17H20Cl3N5O. The highest BCUT2D eigenvalue weighted by Gasteiger charge is 2.29. The number of nitrogens with zero attached hydrogens (tertiary/aromatic N) is 4. The van der Waals surface area contributed by atoms with Gasteiger partial charge >= 0.3 is 0 Å². The number of carbonyl (C=O) groups excluding carboxylic acids is 1. The lowest BCUT2D eigenvalue weighted by atomic mass is 9.95. The molecule has 1 saturated heterocycles. The third-order valence-corrected chi connectivity index (χ3v) is 5.51. The number of hydrogen-bond acceptors (Lipinski definition) is 4. The minimum absolute atomic E-state index is 0. The Balaban J connectivity index is 0.00000196. The van der Waals surface area contributed by atoms with Crippen LogP contribution in [-0.4, -0.2) is 45.2 Å². The van der Waals surface area contributed by atoms with Crippen LogP contribution in [0.5, 0.6) is 0 Å². The molecule has 0 saturated carbocycles. The molecule has 1 aromatic heterocycles. The van der Waals surface area contributed by atoms with E-state index in [4.69, 9.17) is 23.2 Å². The lowest BCUT2D eigenvalue weighted by Gasteiger charge is -2.32. The molecule has 6 nitrogen and oxygen atoms in total. The monoisotopic (exact) mass is 415 g/mol. The van der Waals surface area contributed by atoms with Gasteiger partial charge in [0, 0.05) is 37.1 Å². The van der Waals surface area contributed by atoms with Crippen molar-refractivity contribution in [3.8, 4) is 0 Å². The highest BCUT2D eigenvalue weighted by molar-refractivity contribution is 6.36. The average Bonchev–Trinajstić information content (AvgIpc) is 3.05. The van der Waals surface area contributed by atoms with Gasteiger partial charge in [-0.25, -0.2) is 0 Å². The summed E-state index contributed by atoms with van der Waals surface area (Å²) >= 11 is 12.1. The fourth-order valence-corrected chi connectivity index (χ4v) is 4.08. The molecule has 0 atom stereocenters. The first kappa shape index (κ1) is 19.4. The van der Waals surface area contributed by atoms with Crippen LogP contribution >= 0.6 is 35.6 Å². The third kappa shape index (κ3) is 3.69. The van der Waals surface area contributed by atoms with E-state index in [-0.39, 0.29) is 18.3 Å². The largest absolute Gasteiger partial charge is 0.339 e. The van der Waals surface area contributed by atoms with Gasteiger partial charge in [0.1, 0.15) is 11.6 Å². The smallest absolute Gasteiger partial charge is 0.255 e. The molecule has 1 aromatic carbocycles. The van der Waals surface area contributed by atoms with Gasteiger partial charge in [-0.1, -0.05) is 23.2 Å². The maximum absolute atomic E-state index is 12.7. The molecule has 1 N–H and O–H groups in total. The Bertz CT molecular complexity index is 802. The van der Waals surface area contributed by atoms with E-state index in [1.54, 1.807) is 18.2 Å². The van der Waals surface area contributed by atoms with Crippen molar-refractivity contribution in [1.29, 1.82) is 0 Å². The van der Waals surface area contributed by atoms with Gasteiger partial charge < -0.3 is 14.8 Å². The summed E-state index contributed by atoms with van der Waals surface area (Å²) in [5.74, 6) is 2.39. The number of nitrogens with one attached hydrogen (secondary N) is 1. The first-order chi connectivity index (χ1) is 12.1. The molecule has 0 bridgehead atoms. The normalized spacial score (nSPS) is 17.5. The fraction of sp³-hybridized carbons (Fsp3) is 0.471. The van der Waals surface area contributed by atoms with E-state index in [0.717, 1.165) is 44.1 Å². The Kier molecular flexibility index (Phi) is 6.07. The molecule has 3 heterocycles. The van der Waals surface area contributed by atoms with E-state index >= 15 is 0 Å². The van der Waals surface area contributed by atoms with Crippen LogP contribution in [0.3, 0.4) is 0 Å². The molecule has 26 heavy (non-hydrogen) atoms. The number of hydrogen-bond donors (Lipinski definition) is 1. The standard InChI is InChI=1S/C17H19Cl2N5O.ClH/c18-12-1-2-13(14(19)9-12)17(25)23-6-3-11(4-7-23)16-22-21-15-10-20-5-8-24(15)16;/h1-2,9,11,20H,3-8,10H2;1H. The molecule has 0 spiro atoms. The Morgan fingerprint density at radius 3 is 2.65 bits per heavy atom.